The van der Waals surface area contributed by atoms with E-state index in [1.807, 2.05) is 37.3 Å². The number of rotatable bonds is 6. The molecule has 0 unspecified atom stereocenters. The molecule has 27 heavy (non-hydrogen) atoms. The molecule has 2 heterocycles. The Hall–Kier alpha value is -2.39. The van der Waals surface area contributed by atoms with Gasteiger partial charge in [0.05, 0.1) is 17.4 Å². The summed E-state index contributed by atoms with van der Waals surface area (Å²) in [6.07, 6.45) is -0.549. The van der Waals surface area contributed by atoms with Crippen LogP contribution in [0.1, 0.15) is 23.9 Å². The molecule has 8 nitrogen and oxygen atoms in total. The van der Waals surface area contributed by atoms with Crippen LogP contribution in [0.3, 0.4) is 0 Å². The van der Waals surface area contributed by atoms with E-state index in [2.05, 4.69) is 10.4 Å². The van der Waals surface area contributed by atoms with Gasteiger partial charge in [-0.25, -0.2) is 13.2 Å². The summed E-state index contributed by atoms with van der Waals surface area (Å²) in [7, 11) is -3.62. The number of alkyl carbamates (subject to hydrolysis) is 1. The van der Waals surface area contributed by atoms with Crippen LogP contribution >= 0.6 is 0 Å². The number of carbonyl (C=O) groups excluding carboxylic acids is 1. The second kappa shape index (κ2) is 7.69. The summed E-state index contributed by atoms with van der Waals surface area (Å²) in [6, 6.07) is 9.11. The zero-order chi connectivity index (χ0) is 19.6. The van der Waals surface area contributed by atoms with Gasteiger partial charge in [0.2, 0.25) is 10.0 Å². The summed E-state index contributed by atoms with van der Waals surface area (Å²) >= 11 is 0. The predicted molar refractivity (Wildman–Crippen MR) is 99.7 cm³/mol. The van der Waals surface area contributed by atoms with Crippen LogP contribution in [0.2, 0.25) is 0 Å². The number of nitrogens with one attached hydrogen (secondary N) is 1. The van der Waals surface area contributed by atoms with Crippen molar-refractivity contribution >= 4 is 16.1 Å². The molecule has 1 aliphatic rings. The maximum absolute atomic E-state index is 12.9. The van der Waals surface area contributed by atoms with Crippen molar-refractivity contribution in [1.82, 2.24) is 19.4 Å². The molecule has 1 amide bonds. The fourth-order valence-electron chi connectivity index (χ4n) is 3.15. The Balaban J connectivity index is 1.54. The van der Waals surface area contributed by atoms with Gasteiger partial charge in [0.15, 0.2) is 0 Å². The van der Waals surface area contributed by atoms with Crippen LogP contribution in [0.25, 0.3) is 0 Å². The van der Waals surface area contributed by atoms with E-state index in [0.29, 0.717) is 17.9 Å². The van der Waals surface area contributed by atoms with Gasteiger partial charge >= 0.3 is 6.09 Å². The van der Waals surface area contributed by atoms with Crippen molar-refractivity contribution in [3.63, 3.8) is 0 Å². The van der Waals surface area contributed by atoms with Gasteiger partial charge in [-0.15, -0.1) is 0 Å². The normalized spacial score (nSPS) is 15.4. The number of hydrogen-bond acceptors (Lipinski definition) is 5. The minimum atomic E-state index is -3.62. The monoisotopic (exact) mass is 392 g/mol. The molecule has 3 rings (SSSR count). The molecule has 0 saturated carbocycles. The van der Waals surface area contributed by atoms with Crippen LogP contribution in [0, 0.1) is 13.8 Å². The van der Waals surface area contributed by atoms with E-state index in [-0.39, 0.29) is 30.6 Å². The third-order valence-electron chi connectivity index (χ3n) is 4.60. The molecule has 146 valence electrons. The second-order valence-electron chi connectivity index (χ2n) is 6.54. The molecular formula is C18H24N4O4S. The van der Waals surface area contributed by atoms with Crippen molar-refractivity contribution in [2.75, 3.05) is 13.1 Å². The van der Waals surface area contributed by atoms with Crippen LogP contribution in [-0.2, 0) is 27.9 Å². The lowest BCUT2D eigenvalue weighted by Crippen LogP contribution is -2.60. The maximum Gasteiger partial charge on any atom is 0.407 e. The topological polar surface area (TPSA) is 93.5 Å². The number of benzene rings is 1. The number of nitrogens with zero attached hydrogens (tertiary/aromatic N) is 3. The van der Waals surface area contributed by atoms with Crippen LogP contribution in [-0.4, -0.2) is 47.7 Å². The van der Waals surface area contributed by atoms with E-state index in [1.165, 1.54) is 4.31 Å². The Morgan fingerprint density at radius 1 is 1.26 bits per heavy atom. The van der Waals surface area contributed by atoms with E-state index in [0.717, 1.165) is 5.56 Å². The number of amides is 1. The molecule has 0 bridgehead atoms. The van der Waals surface area contributed by atoms with Gasteiger partial charge in [-0.1, -0.05) is 30.3 Å². The third kappa shape index (κ3) is 3.98. The molecule has 9 heteroatoms. The number of ether oxygens (including phenoxy) is 1. The first kappa shape index (κ1) is 19.4. The summed E-state index contributed by atoms with van der Waals surface area (Å²) < 4.78 is 33.9. The molecule has 0 spiro atoms. The lowest BCUT2D eigenvalue weighted by atomic mass is 10.2. The van der Waals surface area contributed by atoms with Crippen molar-refractivity contribution in [3.8, 4) is 0 Å². The number of aromatic nitrogens is 2. The highest BCUT2D eigenvalue weighted by atomic mass is 32.2. The Labute approximate surface area is 159 Å². The van der Waals surface area contributed by atoms with E-state index in [1.54, 1.807) is 18.5 Å². The molecule has 1 aromatic carbocycles. The fourth-order valence-corrected chi connectivity index (χ4v) is 5.05. The average molecular weight is 392 g/mol. The van der Waals surface area contributed by atoms with Gasteiger partial charge in [-0.3, -0.25) is 4.68 Å². The first-order valence-corrected chi connectivity index (χ1v) is 10.3. The second-order valence-corrected chi connectivity index (χ2v) is 8.42. The van der Waals surface area contributed by atoms with Gasteiger partial charge < -0.3 is 10.1 Å². The summed E-state index contributed by atoms with van der Waals surface area (Å²) in [5.74, 6) is 0. The molecule has 2 aromatic rings. The van der Waals surface area contributed by atoms with Crippen molar-refractivity contribution in [2.24, 2.45) is 0 Å². The molecule has 0 radical (unpaired) electrons. The van der Waals surface area contributed by atoms with Crippen molar-refractivity contribution < 1.29 is 17.9 Å². The number of carbonyl (C=O) groups is 1. The van der Waals surface area contributed by atoms with Gasteiger partial charge in [-0.2, -0.15) is 9.40 Å². The first-order valence-electron chi connectivity index (χ1n) is 8.84. The lowest BCUT2D eigenvalue weighted by molar-refractivity contribution is 0.123. The van der Waals surface area contributed by atoms with Gasteiger partial charge in [0.25, 0.3) is 0 Å². The van der Waals surface area contributed by atoms with E-state index < -0.39 is 16.1 Å². The summed E-state index contributed by atoms with van der Waals surface area (Å²) in [6.45, 7) is 6.60. The van der Waals surface area contributed by atoms with Gasteiger partial charge in [-0.05, 0) is 26.3 Å². The zero-order valence-electron chi connectivity index (χ0n) is 15.7. The molecule has 0 atom stereocenters. The highest BCUT2D eigenvalue weighted by Gasteiger charge is 2.40. The van der Waals surface area contributed by atoms with E-state index in [4.69, 9.17) is 4.74 Å². The number of hydrogen-bond donors (Lipinski definition) is 1. The molecule has 1 saturated heterocycles. The molecule has 1 N–H and O–H groups in total. The Kier molecular flexibility index (Phi) is 5.52. The fraction of sp³-hybridized carbons (Fsp3) is 0.444. The standard InChI is InChI=1S/C18H24N4O4S/c1-4-22-14(3)17(13(2)20-22)27(24,25)21-10-16(11-21)19-18(23)26-12-15-8-6-5-7-9-15/h5-9,16H,4,10-12H2,1-3H3,(H,19,23). The molecule has 0 aliphatic carbocycles. The smallest absolute Gasteiger partial charge is 0.407 e. The highest BCUT2D eigenvalue weighted by Crippen LogP contribution is 2.27. The van der Waals surface area contributed by atoms with Gasteiger partial charge in [0.1, 0.15) is 11.5 Å². The van der Waals surface area contributed by atoms with Crippen LogP contribution in [0.4, 0.5) is 4.79 Å². The number of sulfonamides is 1. The predicted octanol–water partition coefficient (Wildman–Crippen LogP) is 1.82. The lowest BCUT2D eigenvalue weighted by Gasteiger charge is -2.38. The quantitative estimate of drug-likeness (QED) is 0.809. The summed E-state index contributed by atoms with van der Waals surface area (Å²) in [5.41, 5.74) is 2.02. The number of aryl methyl sites for hydroxylation is 2. The summed E-state index contributed by atoms with van der Waals surface area (Å²) in [5, 5.41) is 6.98. The van der Waals surface area contributed by atoms with Crippen LogP contribution < -0.4 is 5.32 Å². The first-order chi connectivity index (χ1) is 12.8. The molecular weight excluding hydrogens is 368 g/mol. The Morgan fingerprint density at radius 3 is 2.52 bits per heavy atom. The largest absolute Gasteiger partial charge is 0.445 e. The maximum atomic E-state index is 12.9. The molecule has 1 fully saturated rings. The average Bonchev–Trinajstić information content (AvgIpc) is 2.90. The minimum absolute atomic E-state index is 0.177. The van der Waals surface area contributed by atoms with E-state index >= 15 is 0 Å². The SMILES string of the molecule is CCn1nc(C)c(S(=O)(=O)N2CC(NC(=O)OCc3ccccc3)C2)c1C. The zero-order valence-corrected chi connectivity index (χ0v) is 16.5. The van der Waals surface area contributed by atoms with Crippen LogP contribution in [0.5, 0.6) is 0 Å². The van der Waals surface area contributed by atoms with Crippen molar-refractivity contribution in [1.29, 1.82) is 0 Å². The Bertz CT molecular complexity index is 918. The Morgan fingerprint density at radius 2 is 1.93 bits per heavy atom. The van der Waals surface area contributed by atoms with Gasteiger partial charge in [0, 0.05) is 19.6 Å². The van der Waals surface area contributed by atoms with Crippen LogP contribution in [0.15, 0.2) is 35.2 Å². The van der Waals surface area contributed by atoms with E-state index in [9.17, 15) is 13.2 Å². The van der Waals surface area contributed by atoms with Crippen molar-refractivity contribution in [3.05, 3.63) is 47.3 Å². The third-order valence-corrected chi connectivity index (χ3v) is 6.68. The molecule has 1 aromatic heterocycles. The molecule has 1 aliphatic heterocycles. The summed E-state index contributed by atoms with van der Waals surface area (Å²) in [4.78, 5) is 12.1. The highest BCUT2D eigenvalue weighted by molar-refractivity contribution is 7.89. The van der Waals surface area contributed by atoms with Crippen molar-refractivity contribution in [2.45, 2.75) is 44.9 Å². The minimum Gasteiger partial charge on any atom is -0.445 e.